The van der Waals surface area contributed by atoms with Crippen LogP contribution >= 0.6 is 0 Å². The number of fused-ring (bicyclic) bond motifs is 1. The van der Waals surface area contributed by atoms with Gasteiger partial charge in [-0.25, -0.2) is 15.0 Å². The molecule has 0 radical (unpaired) electrons. The number of anilines is 2. The second kappa shape index (κ2) is 7.39. The first-order chi connectivity index (χ1) is 13.7. The number of methoxy groups -OCH3 is 3. The van der Waals surface area contributed by atoms with Crippen molar-refractivity contribution in [3.8, 4) is 23.2 Å². The van der Waals surface area contributed by atoms with Crippen LogP contribution in [0.4, 0.5) is 11.6 Å². The quantitative estimate of drug-likeness (QED) is 0.547. The lowest BCUT2D eigenvalue weighted by atomic mass is 10.2. The maximum atomic E-state index is 5.39. The van der Waals surface area contributed by atoms with Gasteiger partial charge < -0.3 is 19.5 Å². The molecule has 0 fully saturated rings. The number of nitrogens with one attached hydrogen (secondary N) is 1. The summed E-state index contributed by atoms with van der Waals surface area (Å²) in [5.41, 5.74) is 1.39. The maximum Gasteiger partial charge on any atom is 0.235 e. The average Bonchev–Trinajstić information content (AvgIpc) is 3.16. The van der Waals surface area contributed by atoms with Crippen molar-refractivity contribution in [2.24, 2.45) is 0 Å². The molecule has 0 atom stereocenters. The lowest BCUT2D eigenvalue weighted by Crippen LogP contribution is -2.03. The van der Waals surface area contributed by atoms with Crippen LogP contribution < -0.4 is 19.5 Å². The molecule has 0 aliphatic rings. The van der Waals surface area contributed by atoms with E-state index in [1.807, 2.05) is 12.3 Å². The molecule has 9 heteroatoms. The lowest BCUT2D eigenvalue weighted by molar-refractivity contribution is 0.324. The summed E-state index contributed by atoms with van der Waals surface area (Å²) in [6.07, 6.45) is 6.97. The van der Waals surface area contributed by atoms with E-state index in [-0.39, 0.29) is 0 Å². The van der Waals surface area contributed by atoms with Crippen molar-refractivity contribution in [3.05, 3.63) is 49.1 Å². The zero-order valence-electron chi connectivity index (χ0n) is 15.6. The second-order valence-corrected chi connectivity index (χ2v) is 5.75. The highest BCUT2D eigenvalue weighted by Crippen LogP contribution is 2.40. The molecule has 0 spiro atoms. The van der Waals surface area contributed by atoms with Gasteiger partial charge in [0.25, 0.3) is 0 Å². The van der Waals surface area contributed by atoms with Gasteiger partial charge >= 0.3 is 0 Å². The number of rotatable bonds is 6. The molecule has 3 aromatic heterocycles. The van der Waals surface area contributed by atoms with Gasteiger partial charge in [0, 0.05) is 48.0 Å². The molecule has 0 amide bonds. The summed E-state index contributed by atoms with van der Waals surface area (Å²) in [6.45, 7) is 0. The average molecular weight is 378 g/mol. The Morgan fingerprint density at radius 3 is 2.29 bits per heavy atom. The van der Waals surface area contributed by atoms with Gasteiger partial charge in [0.05, 0.1) is 21.3 Å². The summed E-state index contributed by atoms with van der Waals surface area (Å²) in [5.74, 6) is 2.53. The van der Waals surface area contributed by atoms with Crippen LogP contribution in [-0.4, -0.2) is 45.8 Å². The number of nitrogens with zero attached hydrogens (tertiary/aromatic N) is 5. The van der Waals surface area contributed by atoms with Crippen LogP contribution in [0.1, 0.15) is 0 Å². The topological polar surface area (TPSA) is 96.2 Å². The number of benzene rings is 1. The van der Waals surface area contributed by atoms with Crippen LogP contribution in [0.5, 0.6) is 17.2 Å². The minimum atomic E-state index is 0.414. The molecule has 1 N–H and O–H groups in total. The summed E-state index contributed by atoms with van der Waals surface area (Å²) >= 11 is 0. The molecule has 142 valence electrons. The Hall–Kier alpha value is -3.88. The minimum Gasteiger partial charge on any atom is -0.493 e. The Balaban J connectivity index is 1.73. The fraction of sp³-hybridized carbons (Fsp3) is 0.158. The standard InChI is InChI=1S/C19H18N6O3/c1-26-14-9-13(10-15(27-2)16(14)28-3)23-18-22-11-12-5-8-25(17(12)24-18)19-20-6-4-7-21-19/h4-11H,1-3H3,(H,22,23,24). The van der Waals surface area contributed by atoms with Gasteiger partial charge in [-0.05, 0) is 12.1 Å². The monoisotopic (exact) mass is 378 g/mol. The van der Waals surface area contributed by atoms with E-state index < -0.39 is 0 Å². The van der Waals surface area contributed by atoms with E-state index >= 15 is 0 Å². The van der Waals surface area contributed by atoms with Gasteiger partial charge in [0.1, 0.15) is 0 Å². The smallest absolute Gasteiger partial charge is 0.235 e. The van der Waals surface area contributed by atoms with Gasteiger partial charge in [0.2, 0.25) is 17.6 Å². The van der Waals surface area contributed by atoms with Crippen molar-refractivity contribution in [1.29, 1.82) is 0 Å². The van der Waals surface area contributed by atoms with E-state index in [2.05, 4.69) is 25.3 Å². The predicted molar refractivity (Wildman–Crippen MR) is 104 cm³/mol. The molecular weight excluding hydrogens is 360 g/mol. The van der Waals surface area contributed by atoms with Crippen molar-refractivity contribution >= 4 is 22.7 Å². The van der Waals surface area contributed by atoms with Crippen LogP contribution in [0.2, 0.25) is 0 Å². The summed E-state index contributed by atoms with van der Waals surface area (Å²) in [6, 6.07) is 7.25. The summed E-state index contributed by atoms with van der Waals surface area (Å²) in [4.78, 5) is 17.5. The summed E-state index contributed by atoms with van der Waals surface area (Å²) < 4.78 is 17.9. The van der Waals surface area contributed by atoms with Gasteiger partial charge in [-0.3, -0.25) is 4.57 Å². The molecule has 1 aromatic carbocycles. The SMILES string of the molecule is COc1cc(Nc2ncc3ccn(-c4ncccn4)c3n2)cc(OC)c1OC. The minimum absolute atomic E-state index is 0.414. The largest absolute Gasteiger partial charge is 0.493 e. The third-order valence-electron chi connectivity index (χ3n) is 4.12. The van der Waals surface area contributed by atoms with Crippen molar-refractivity contribution in [2.75, 3.05) is 26.6 Å². The lowest BCUT2D eigenvalue weighted by Gasteiger charge is -2.14. The molecule has 0 saturated heterocycles. The Bertz CT molecular complexity index is 1090. The van der Waals surface area contributed by atoms with Crippen LogP contribution in [0.15, 0.2) is 49.1 Å². The van der Waals surface area contributed by atoms with Gasteiger partial charge in [0.15, 0.2) is 17.1 Å². The van der Waals surface area contributed by atoms with Crippen molar-refractivity contribution < 1.29 is 14.2 Å². The third kappa shape index (κ3) is 3.13. The third-order valence-corrected chi connectivity index (χ3v) is 4.12. The Morgan fingerprint density at radius 1 is 0.929 bits per heavy atom. The first kappa shape index (κ1) is 17.5. The number of aromatic nitrogens is 5. The molecule has 0 bridgehead atoms. The Kier molecular flexibility index (Phi) is 4.63. The van der Waals surface area contributed by atoms with Gasteiger partial charge in [-0.1, -0.05) is 0 Å². The van der Waals surface area contributed by atoms with Crippen molar-refractivity contribution in [2.45, 2.75) is 0 Å². The highest BCUT2D eigenvalue weighted by molar-refractivity contribution is 5.78. The molecule has 0 aliphatic heterocycles. The fourth-order valence-corrected chi connectivity index (χ4v) is 2.84. The number of hydrogen-bond acceptors (Lipinski definition) is 8. The van der Waals surface area contributed by atoms with Crippen LogP contribution in [0.25, 0.3) is 17.0 Å². The highest BCUT2D eigenvalue weighted by Gasteiger charge is 2.14. The van der Waals surface area contributed by atoms with Crippen LogP contribution in [0, 0.1) is 0 Å². The molecule has 0 unspecified atom stereocenters. The molecule has 28 heavy (non-hydrogen) atoms. The maximum absolute atomic E-state index is 5.39. The normalized spacial score (nSPS) is 10.7. The summed E-state index contributed by atoms with van der Waals surface area (Å²) in [5, 5.41) is 4.05. The van der Waals surface area contributed by atoms with E-state index in [0.29, 0.717) is 40.5 Å². The Morgan fingerprint density at radius 2 is 1.64 bits per heavy atom. The van der Waals surface area contributed by atoms with Crippen molar-refractivity contribution in [1.82, 2.24) is 24.5 Å². The van der Waals surface area contributed by atoms with E-state index in [4.69, 9.17) is 14.2 Å². The van der Waals surface area contributed by atoms with E-state index in [1.54, 1.807) is 62.7 Å². The molecule has 4 aromatic rings. The highest BCUT2D eigenvalue weighted by atomic mass is 16.5. The Labute approximate surface area is 161 Å². The molecule has 4 rings (SSSR count). The summed E-state index contributed by atoms with van der Waals surface area (Å²) in [7, 11) is 4.69. The zero-order valence-corrected chi connectivity index (χ0v) is 15.6. The van der Waals surface area contributed by atoms with Gasteiger partial charge in [-0.2, -0.15) is 4.98 Å². The molecule has 3 heterocycles. The van der Waals surface area contributed by atoms with Crippen LogP contribution in [0.3, 0.4) is 0 Å². The van der Waals surface area contributed by atoms with Crippen molar-refractivity contribution in [3.63, 3.8) is 0 Å². The van der Waals surface area contributed by atoms with E-state index in [9.17, 15) is 0 Å². The molecule has 0 aliphatic carbocycles. The van der Waals surface area contributed by atoms with E-state index in [0.717, 1.165) is 5.39 Å². The molecule has 9 nitrogen and oxygen atoms in total. The van der Waals surface area contributed by atoms with Crippen LogP contribution in [-0.2, 0) is 0 Å². The zero-order chi connectivity index (χ0) is 19.5. The first-order valence-electron chi connectivity index (χ1n) is 8.42. The molecular formula is C19H18N6O3. The first-order valence-corrected chi connectivity index (χ1v) is 8.42. The number of ether oxygens (including phenoxy) is 3. The second-order valence-electron chi connectivity index (χ2n) is 5.75. The molecule has 0 saturated carbocycles. The fourth-order valence-electron chi connectivity index (χ4n) is 2.84. The predicted octanol–water partition coefficient (Wildman–Crippen LogP) is 2.98. The number of hydrogen-bond donors (Lipinski definition) is 1. The van der Waals surface area contributed by atoms with E-state index in [1.165, 1.54) is 0 Å². The van der Waals surface area contributed by atoms with Gasteiger partial charge in [-0.15, -0.1) is 0 Å².